The number of ether oxygens (including phenoxy) is 4. The van der Waals surface area contributed by atoms with Crippen LogP contribution < -0.4 is 0 Å². The van der Waals surface area contributed by atoms with Crippen molar-refractivity contribution in [3.63, 3.8) is 0 Å². The second kappa shape index (κ2) is 73.5. The largest absolute Gasteiger partial charge is 0.472 e. The summed E-state index contributed by atoms with van der Waals surface area (Å²) in [5.74, 6) is -2.41. The Bertz CT molecular complexity index is 2650. The third kappa shape index (κ3) is 72.5. The van der Waals surface area contributed by atoms with E-state index in [0.717, 1.165) is 180 Å². The van der Waals surface area contributed by atoms with Crippen LogP contribution in [0.25, 0.3) is 0 Å². The van der Waals surface area contributed by atoms with E-state index in [0.29, 0.717) is 25.7 Å². The highest BCUT2D eigenvalue weighted by Gasteiger charge is 2.30. The molecule has 17 nitrogen and oxygen atoms in total. The van der Waals surface area contributed by atoms with Crippen LogP contribution in [0.5, 0.6) is 0 Å². The van der Waals surface area contributed by atoms with E-state index in [1.165, 1.54) is 0 Å². The molecule has 0 aromatic heterocycles. The van der Waals surface area contributed by atoms with Crippen molar-refractivity contribution in [3.05, 3.63) is 182 Å². The van der Waals surface area contributed by atoms with E-state index in [9.17, 15) is 43.2 Å². The minimum atomic E-state index is -5.01. The van der Waals surface area contributed by atoms with Crippen LogP contribution in [0.4, 0.5) is 0 Å². The predicted octanol–water partition coefficient (Wildman–Crippen LogP) is 22.0. The number of unbranched alkanes of at least 4 members (excludes halogenated alkanes) is 14. The molecule has 0 aliphatic heterocycles. The van der Waals surface area contributed by atoms with Crippen molar-refractivity contribution in [2.75, 3.05) is 39.6 Å². The van der Waals surface area contributed by atoms with Gasteiger partial charge in [-0.1, -0.05) is 261 Å². The third-order valence-electron chi connectivity index (χ3n) is 14.9. The monoisotopic (exact) mass is 1460 g/mol. The van der Waals surface area contributed by atoms with E-state index >= 15 is 0 Å². The summed E-state index contributed by atoms with van der Waals surface area (Å²) in [7, 11) is -10.0. The number of allylic oxidation sites excluding steroid dienone is 29. The second-order valence-corrected chi connectivity index (χ2v) is 27.4. The van der Waals surface area contributed by atoms with Crippen molar-refractivity contribution in [2.45, 2.75) is 277 Å². The molecule has 0 radical (unpaired) electrons. The van der Waals surface area contributed by atoms with Crippen molar-refractivity contribution >= 4 is 39.5 Å². The molecule has 0 aliphatic rings. The van der Waals surface area contributed by atoms with Gasteiger partial charge in [-0.3, -0.25) is 37.3 Å². The smallest absolute Gasteiger partial charge is 0.462 e. The quantitative estimate of drug-likeness (QED) is 0.0169. The number of carbonyl (C=O) groups is 4. The number of carbonyl (C=O) groups excluding carboxylic acids is 4. The van der Waals surface area contributed by atoms with E-state index in [-0.39, 0.29) is 25.7 Å². The Balaban J connectivity index is 5.50. The number of rotatable bonds is 69. The summed E-state index contributed by atoms with van der Waals surface area (Å²) in [5, 5.41) is 10.6. The Labute approximate surface area is 615 Å². The highest BCUT2D eigenvalue weighted by molar-refractivity contribution is 7.47. The highest BCUT2D eigenvalue weighted by atomic mass is 31.2. The lowest BCUT2D eigenvalue weighted by atomic mass is 10.1. The van der Waals surface area contributed by atoms with Gasteiger partial charge in [0.15, 0.2) is 12.2 Å². The summed E-state index contributed by atoms with van der Waals surface area (Å²) in [6, 6.07) is 0. The Hall–Kier alpha value is -5.84. The van der Waals surface area contributed by atoms with Gasteiger partial charge in [0.2, 0.25) is 0 Å². The van der Waals surface area contributed by atoms with Crippen LogP contribution in [-0.4, -0.2) is 96.7 Å². The number of aliphatic hydroxyl groups excluding tert-OH is 1. The number of hydrogen-bond donors (Lipinski definition) is 3. The zero-order chi connectivity index (χ0) is 74.6. The minimum absolute atomic E-state index is 0.0515. The fourth-order valence-corrected chi connectivity index (χ4v) is 10.8. The van der Waals surface area contributed by atoms with Gasteiger partial charge in [0, 0.05) is 19.3 Å². The van der Waals surface area contributed by atoms with Gasteiger partial charge in [0.25, 0.3) is 0 Å². The molecule has 0 aliphatic carbocycles. The zero-order valence-corrected chi connectivity index (χ0v) is 64.5. The topological polar surface area (TPSA) is 237 Å². The Morgan fingerprint density at radius 2 is 0.549 bits per heavy atom. The van der Waals surface area contributed by atoms with Crippen LogP contribution in [-0.2, 0) is 65.4 Å². The molecule has 0 aromatic rings. The minimum Gasteiger partial charge on any atom is -0.462 e. The Morgan fingerprint density at radius 1 is 0.294 bits per heavy atom. The van der Waals surface area contributed by atoms with Crippen LogP contribution >= 0.6 is 15.6 Å². The fraction of sp³-hybridized carbons (Fsp3) is 0.590. The van der Waals surface area contributed by atoms with Gasteiger partial charge in [0.05, 0.1) is 32.8 Å². The SMILES string of the molecule is CC/C=C\C/C=C\C/C=C\C/C=C\C/C=C\CC(=O)OCC(COP(=O)(O)OCC(O)COP(=O)(O)OCC(COC(=O)CCCCCC/C=C\C/C=C\C/C=C\C/C=C\CC)OC(=O)CCCCCC/C=C\C/C=C\C/C=C\C/C=C\CC)OC(=O)CCCCCCC/C=C\C/C=C\CCC. The molecule has 0 saturated carbocycles. The Morgan fingerprint density at radius 3 is 0.873 bits per heavy atom. The molecule has 0 fully saturated rings. The lowest BCUT2D eigenvalue weighted by molar-refractivity contribution is -0.161. The number of hydrogen-bond acceptors (Lipinski definition) is 15. The summed E-state index contributed by atoms with van der Waals surface area (Å²) in [6.45, 7) is 4.24. The van der Waals surface area contributed by atoms with E-state index in [1.807, 2.05) is 18.2 Å². The molecule has 5 unspecified atom stereocenters. The van der Waals surface area contributed by atoms with Gasteiger partial charge in [-0.05, 0) is 154 Å². The summed E-state index contributed by atoms with van der Waals surface area (Å²) in [4.78, 5) is 72.8. The molecule has 0 amide bonds. The van der Waals surface area contributed by atoms with Crippen molar-refractivity contribution < 1.29 is 80.2 Å². The van der Waals surface area contributed by atoms with Crippen LogP contribution in [0.3, 0.4) is 0 Å². The molecule has 0 heterocycles. The molecular formula is C83H132O17P2. The molecule has 102 heavy (non-hydrogen) atoms. The molecule has 0 bridgehead atoms. The standard InChI is InChI=1S/C83H132O17P2/c1-5-9-13-17-21-25-29-33-36-38-41-45-48-52-56-60-64-68-81(86)94-74-79(100-83(88)70-66-62-58-54-50-46-42-39-37-34-30-26-22-18-14-10-6-2)76-98-102(91,92)96-72-77(84)71-95-101(89,90)97-75-78(99-82(87)69-65-61-57-53-49-43-32-28-24-20-16-12-8-4)73-93-80(85)67-63-59-55-51-47-44-40-35-31-27-23-19-15-11-7-3/h9-11,13-16,20-23,25-28,32-37,40-42,45-47,51,59,63,77-79,84H,5-8,12,17-19,24,29-31,38-39,43-44,48-50,52-58,60-62,64-76H2,1-4H3,(H,89,90)(H,91,92)/b13-9-,14-10-,15-11-,20-16-,25-21-,26-22-,27-23-,32-28-,36-33-,37-34-,40-35-,45-41-,46-42-,51-47-,63-59-. The summed E-state index contributed by atoms with van der Waals surface area (Å²) >= 11 is 0. The zero-order valence-electron chi connectivity index (χ0n) is 62.7. The van der Waals surface area contributed by atoms with Gasteiger partial charge in [0.1, 0.15) is 19.3 Å². The number of esters is 4. The Kier molecular flexibility index (Phi) is 69.3. The van der Waals surface area contributed by atoms with Crippen molar-refractivity contribution in [2.24, 2.45) is 0 Å². The predicted molar refractivity (Wildman–Crippen MR) is 417 cm³/mol. The average Bonchev–Trinajstić information content (AvgIpc) is 0.908. The maximum Gasteiger partial charge on any atom is 0.472 e. The van der Waals surface area contributed by atoms with Crippen molar-refractivity contribution in [1.29, 1.82) is 0 Å². The fourth-order valence-electron chi connectivity index (χ4n) is 9.19. The van der Waals surface area contributed by atoms with E-state index in [2.05, 4.69) is 186 Å². The summed E-state index contributed by atoms with van der Waals surface area (Å²) in [5.41, 5.74) is 0. The molecule has 3 N–H and O–H groups in total. The van der Waals surface area contributed by atoms with Gasteiger partial charge in [-0.15, -0.1) is 0 Å². The first-order valence-corrected chi connectivity index (χ1v) is 41.0. The first-order chi connectivity index (χ1) is 49.7. The van der Waals surface area contributed by atoms with Gasteiger partial charge >= 0.3 is 39.5 Å². The molecular weight excluding hydrogens is 1330 g/mol. The number of phosphoric ester groups is 2. The average molecular weight is 1460 g/mol. The van der Waals surface area contributed by atoms with E-state index in [1.54, 1.807) is 6.08 Å². The summed E-state index contributed by atoms with van der Waals surface area (Å²) in [6.07, 6.45) is 87.7. The van der Waals surface area contributed by atoms with Crippen molar-refractivity contribution in [3.8, 4) is 0 Å². The molecule has 0 rings (SSSR count). The molecule has 0 saturated heterocycles. The first-order valence-electron chi connectivity index (χ1n) is 38.0. The van der Waals surface area contributed by atoms with E-state index in [4.69, 9.17) is 37.0 Å². The highest BCUT2D eigenvalue weighted by Crippen LogP contribution is 2.45. The van der Waals surface area contributed by atoms with E-state index < -0.39 is 97.5 Å². The first kappa shape index (κ1) is 96.2. The normalized spacial score (nSPS) is 14.9. The maximum atomic E-state index is 13.1. The molecule has 0 aromatic carbocycles. The number of aliphatic hydroxyl groups is 1. The summed E-state index contributed by atoms with van der Waals surface area (Å²) < 4.78 is 68.3. The maximum absolute atomic E-state index is 13.1. The molecule has 576 valence electrons. The van der Waals surface area contributed by atoms with Crippen molar-refractivity contribution in [1.82, 2.24) is 0 Å². The lowest BCUT2D eigenvalue weighted by Crippen LogP contribution is -2.30. The molecule has 19 heteroatoms. The lowest BCUT2D eigenvalue weighted by Gasteiger charge is -2.21. The van der Waals surface area contributed by atoms with Crippen LogP contribution in [0.15, 0.2) is 182 Å². The third-order valence-corrected chi connectivity index (χ3v) is 16.8. The van der Waals surface area contributed by atoms with Gasteiger partial charge in [-0.25, -0.2) is 9.13 Å². The van der Waals surface area contributed by atoms with Crippen LogP contribution in [0.1, 0.15) is 259 Å². The molecule has 5 atom stereocenters. The van der Waals surface area contributed by atoms with Gasteiger partial charge < -0.3 is 33.8 Å². The van der Waals surface area contributed by atoms with Gasteiger partial charge in [-0.2, -0.15) is 0 Å². The van der Waals surface area contributed by atoms with Crippen LogP contribution in [0, 0.1) is 0 Å². The number of phosphoric acid groups is 2. The van der Waals surface area contributed by atoms with Crippen LogP contribution in [0.2, 0.25) is 0 Å². The second-order valence-electron chi connectivity index (χ2n) is 24.5. The molecule has 0 spiro atoms.